The van der Waals surface area contributed by atoms with Crippen molar-refractivity contribution in [2.75, 3.05) is 0 Å². The highest BCUT2D eigenvalue weighted by atomic mass is 16.4. The SMILES string of the molecule is CC1(C)C(CC(=O)O)=C(CC(=O)O)C(C)(C)C1(C)C. The number of rotatable bonds is 4. The summed E-state index contributed by atoms with van der Waals surface area (Å²) in [5, 5.41) is 18.2. The van der Waals surface area contributed by atoms with Gasteiger partial charge < -0.3 is 10.2 Å². The van der Waals surface area contributed by atoms with Crippen LogP contribution in [0.1, 0.15) is 54.4 Å². The molecule has 1 aliphatic rings. The van der Waals surface area contributed by atoms with Crippen LogP contribution in [0, 0.1) is 16.2 Å². The maximum Gasteiger partial charge on any atom is 0.307 e. The van der Waals surface area contributed by atoms with E-state index in [1.807, 2.05) is 27.7 Å². The van der Waals surface area contributed by atoms with E-state index in [9.17, 15) is 9.59 Å². The average molecular weight is 268 g/mol. The highest BCUT2D eigenvalue weighted by Crippen LogP contribution is 2.66. The molecule has 0 aromatic carbocycles. The first-order valence-electron chi connectivity index (χ1n) is 6.52. The molecule has 0 aliphatic heterocycles. The molecule has 4 nitrogen and oxygen atoms in total. The van der Waals surface area contributed by atoms with Crippen LogP contribution in [0.15, 0.2) is 11.1 Å². The van der Waals surface area contributed by atoms with Gasteiger partial charge in [0.05, 0.1) is 12.8 Å². The highest BCUT2D eigenvalue weighted by Gasteiger charge is 2.58. The molecule has 1 aliphatic carbocycles. The molecule has 0 amide bonds. The van der Waals surface area contributed by atoms with Gasteiger partial charge in [-0.25, -0.2) is 0 Å². The van der Waals surface area contributed by atoms with Gasteiger partial charge in [0.2, 0.25) is 0 Å². The van der Waals surface area contributed by atoms with Crippen LogP contribution in [0.2, 0.25) is 0 Å². The van der Waals surface area contributed by atoms with E-state index in [4.69, 9.17) is 10.2 Å². The molecule has 0 saturated heterocycles. The molecule has 0 fully saturated rings. The molecule has 0 unspecified atom stereocenters. The van der Waals surface area contributed by atoms with Crippen molar-refractivity contribution in [3.8, 4) is 0 Å². The van der Waals surface area contributed by atoms with Crippen LogP contribution in [-0.2, 0) is 9.59 Å². The van der Waals surface area contributed by atoms with Crippen molar-refractivity contribution < 1.29 is 19.8 Å². The van der Waals surface area contributed by atoms with Gasteiger partial charge in [0, 0.05) is 0 Å². The molecule has 19 heavy (non-hydrogen) atoms. The maximum atomic E-state index is 11.1. The fraction of sp³-hybridized carbons (Fsp3) is 0.733. The largest absolute Gasteiger partial charge is 0.481 e. The van der Waals surface area contributed by atoms with E-state index in [0.717, 1.165) is 11.1 Å². The molecule has 0 heterocycles. The summed E-state index contributed by atoms with van der Waals surface area (Å²) >= 11 is 0. The van der Waals surface area contributed by atoms with E-state index < -0.39 is 11.9 Å². The number of carboxylic acid groups (broad SMARTS) is 2. The molecule has 1 rings (SSSR count). The summed E-state index contributed by atoms with van der Waals surface area (Å²) in [6, 6.07) is 0. The Balaban J connectivity index is 3.49. The Labute approximate surface area is 114 Å². The van der Waals surface area contributed by atoms with Gasteiger partial charge in [0.25, 0.3) is 0 Å². The van der Waals surface area contributed by atoms with Gasteiger partial charge in [-0.3, -0.25) is 9.59 Å². The minimum Gasteiger partial charge on any atom is -0.481 e. The van der Waals surface area contributed by atoms with Crippen LogP contribution in [-0.4, -0.2) is 22.2 Å². The third-order valence-corrected chi connectivity index (χ3v) is 5.65. The summed E-state index contributed by atoms with van der Waals surface area (Å²) in [5.41, 5.74) is 0.685. The second-order valence-corrected chi connectivity index (χ2v) is 6.97. The molecule has 0 saturated carbocycles. The number of hydrogen-bond acceptors (Lipinski definition) is 2. The summed E-state index contributed by atoms with van der Waals surface area (Å²) in [6.07, 6.45) is -0.162. The van der Waals surface area contributed by atoms with Crippen LogP contribution in [0.5, 0.6) is 0 Å². The normalized spacial score (nSPS) is 23.5. The van der Waals surface area contributed by atoms with Crippen LogP contribution < -0.4 is 0 Å². The van der Waals surface area contributed by atoms with Gasteiger partial charge in [-0.15, -0.1) is 0 Å². The van der Waals surface area contributed by atoms with Gasteiger partial charge in [-0.1, -0.05) is 52.7 Å². The molecule has 0 bridgehead atoms. The summed E-state index contributed by atoms with van der Waals surface area (Å²) in [5.74, 6) is -1.81. The maximum absolute atomic E-state index is 11.1. The zero-order chi connectivity index (χ0) is 15.2. The van der Waals surface area contributed by atoms with Crippen molar-refractivity contribution in [2.24, 2.45) is 16.2 Å². The summed E-state index contributed by atoms with van der Waals surface area (Å²) < 4.78 is 0. The quantitative estimate of drug-likeness (QED) is 0.767. The molecular formula is C15H24O4. The van der Waals surface area contributed by atoms with Gasteiger partial charge in [-0.2, -0.15) is 0 Å². The molecule has 0 aromatic heterocycles. The Morgan fingerprint density at radius 3 is 1.26 bits per heavy atom. The standard InChI is InChI=1S/C15H24O4/c1-13(2)9(7-11(16)17)10(8-12(18)19)14(3,4)15(13,5)6/h7-8H2,1-6H3,(H,16,17)(H,18,19). The molecular weight excluding hydrogens is 244 g/mol. The fourth-order valence-electron chi connectivity index (χ4n) is 3.25. The fourth-order valence-corrected chi connectivity index (χ4v) is 3.25. The number of carbonyl (C=O) groups is 2. The molecule has 0 spiro atoms. The number of hydrogen-bond donors (Lipinski definition) is 2. The van der Waals surface area contributed by atoms with E-state index in [-0.39, 0.29) is 29.1 Å². The van der Waals surface area contributed by atoms with Crippen LogP contribution in [0.25, 0.3) is 0 Å². The first kappa shape index (κ1) is 15.7. The Morgan fingerprint density at radius 1 is 0.789 bits per heavy atom. The molecule has 108 valence electrons. The van der Waals surface area contributed by atoms with Gasteiger partial charge in [0.1, 0.15) is 0 Å². The third kappa shape index (κ3) is 2.17. The Kier molecular flexibility index (Phi) is 3.61. The minimum absolute atomic E-state index is 0.0809. The Hall–Kier alpha value is -1.32. The van der Waals surface area contributed by atoms with E-state index in [2.05, 4.69) is 13.8 Å². The van der Waals surface area contributed by atoms with Gasteiger partial charge in [0.15, 0.2) is 0 Å². The van der Waals surface area contributed by atoms with E-state index in [1.165, 1.54) is 0 Å². The topological polar surface area (TPSA) is 74.6 Å². The molecule has 0 atom stereocenters. The van der Waals surface area contributed by atoms with E-state index >= 15 is 0 Å². The van der Waals surface area contributed by atoms with Crippen molar-refractivity contribution in [3.05, 3.63) is 11.1 Å². The smallest absolute Gasteiger partial charge is 0.307 e. The van der Waals surface area contributed by atoms with Crippen LogP contribution >= 0.6 is 0 Å². The van der Waals surface area contributed by atoms with Crippen molar-refractivity contribution in [1.29, 1.82) is 0 Å². The molecule has 4 heteroatoms. The monoisotopic (exact) mass is 268 g/mol. The minimum atomic E-state index is -0.903. The molecule has 0 aromatic rings. The van der Waals surface area contributed by atoms with E-state index in [0.29, 0.717) is 0 Å². The van der Waals surface area contributed by atoms with Crippen LogP contribution in [0.4, 0.5) is 0 Å². The second kappa shape index (κ2) is 4.36. The average Bonchev–Trinajstić information content (AvgIpc) is 2.28. The number of carboxylic acids is 2. The lowest BCUT2D eigenvalue weighted by molar-refractivity contribution is -0.137. The van der Waals surface area contributed by atoms with Gasteiger partial charge in [-0.05, 0) is 16.2 Å². The third-order valence-electron chi connectivity index (χ3n) is 5.65. The number of aliphatic carboxylic acids is 2. The Bertz CT molecular complexity index is 413. The van der Waals surface area contributed by atoms with Crippen molar-refractivity contribution >= 4 is 11.9 Å². The Morgan fingerprint density at radius 2 is 1.05 bits per heavy atom. The summed E-state index contributed by atoms with van der Waals surface area (Å²) in [7, 11) is 0. The predicted molar refractivity (Wildman–Crippen MR) is 72.9 cm³/mol. The lowest BCUT2D eigenvalue weighted by Crippen LogP contribution is -2.40. The van der Waals surface area contributed by atoms with Crippen LogP contribution in [0.3, 0.4) is 0 Å². The summed E-state index contributed by atoms with van der Waals surface area (Å²) in [6.45, 7) is 12.2. The lowest BCUT2D eigenvalue weighted by atomic mass is 9.58. The first-order chi connectivity index (χ1) is 8.35. The second-order valence-electron chi connectivity index (χ2n) is 6.97. The summed E-state index contributed by atoms with van der Waals surface area (Å²) in [4.78, 5) is 22.2. The predicted octanol–water partition coefficient (Wildman–Crippen LogP) is 3.32. The van der Waals surface area contributed by atoms with E-state index in [1.54, 1.807) is 0 Å². The van der Waals surface area contributed by atoms with Crippen molar-refractivity contribution in [2.45, 2.75) is 54.4 Å². The first-order valence-corrected chi connectivity index (χ1v) is 6.52. The van der Waals surface area contributed by atoms with Crippen molar-refractivity contribution in [1.82, 2.24) is 0 Å². The molecule has 0 radical (unpaired) electrons. The van der Waals surface area contributed by atoms with Gasteiger partial charge >= 0.3 is 11.9 Å². The molecule has 2 N–H and O–H groups in total. The lowest BCUT2D eigenvalue weighted by Gasteiger charge is -2.46. The zero-order valence-electron chi connectivity index (χ0n) is 12.6. The van der Waals surface area contributed by atoms with Crippen molar-refractivity contribution in [3.63, 3.8) is 0 Å². The highest BCUT2D eigenvalue weighted by molar-refractivity contribution is 5.75. The zero-order valence-corrected chi connectivity index (χ0v) is 12.6.